The van der Waals surface area contributed by atoms with Crippen LogP contribution in [0.25, 0.3) is 0 Å². The molecular weight excluding hydrogens is 312 g/mol. The van der Waals surface area contributed by atoms with Crippen LogP contribution >= 0.6 is 0 Å². The molecule has 1 unspecified atom stereocenters. The molecule has 0 fully saturated rings. The molecule has 0 aromatic heterocycles. The Morgan fingerprint density at radius 3 is 2.84 bits per heavy atom. The lowest BCUT2D eigenvalue weighted by Gasteiger charge is -2.30. The zero-order valence-corrected chi connectivity index (χ0v) is 14.9. The lowest BCUT2D eigenvalue weighted by molar-refractivity contribution is 0.104. The maximum Gasteiger partial charge on any atom is 0.119 e. The third-order valence-corrected chi connectivity index (χ3v) is 4.60. The van der Waals surface area contributed by atoms with Crippen LogP contribution in [0.3, 0.4) is 0 Å². The van der Waals surface area contributed by atoms with Gasteiger partial charge in [0.25, 0.3) is 0 Å². The summed E-state index contributed by atoms with van der Waals surface area (Å²) in [7, 11) is 0. The summed E-state index contributed by atoms with van der Waals surface area (Å²) in [4.78, 5) is 2.34. The van der Waals surface area contributed by atoms with Crippen LogP contribution in [-0.4, -0.2) is 42.4 Å². The summed E-state index contributed by atoms with van der Waals surface area (Å²) in [5, 5.41) is 13.7. The third kappa shape index (κ3) is 5.30. The Bertz CT molecular complexity index is 674. The Morgan fingerprint density at radius 1 is 1.16 bits per heavy atom. The molecule has 2 aromatic rings. The van der Waals surface area contributed by atoms with Crippen LogP contribution in [0.5, 0.6) is 5.75 Å². The molecule has 0 saturated heterocycles. The normalized spacial score (nSPS) is 15.6. The quantitative estimate of drug-likeness (QED) is 0.775. The lowest BCUT2D eigenvalue weighted by atomic mass is 10.00. The highest BCUT2D eigenvalue weighted by Gasteiger charge is 2.18. The van der Waals surface area contributed by atoms with E-state index in [0.717, 1.165) is 31.8 Å². The molecule has 134 valence electrons. The number of nitrogens with one attached hydrogen (secondary N) is 1. The number of β-amino-alcohol motifs (C(OH)–C–C–N with tert-alkyl or cyclic N) is 1. The molecule has 0 radical (unpaired) electrons. The average Bonchev–Trinajstić information content (AvgIpc) is 2.62. The van der Waals surface area contributed by atoms with Crippen molar-refractivity contribution in [2.24, 2.45) is 0 Å². The first-order chi connectivity index (χ1) is 12.2. The number of fused-ring (bicyclic) bond motifs is 1. The second kappa shape index (κ2) is 8.99. The molecule has 0 aliphatic carbocycles. The van der Waals surface area contributed by atoms with Gasteiger partial charge in [0, 0.05) is 32.7 Å². The van der Waals surface area contributed by atoms with Gasteiger partial charge in [-0.05, 0) is 42.2 Å². The number of hydrogen-bond donors (Lipinski definition) is 2. The predicted octanol–water partition coefficient (Wildman–Crippen LogP) is 2.59. The van der Waals surface area contributed by atoms with E-state index in [9.17, 15) is 5.11 Å². The molecule has 4 nitrogen and oxygen atoms in total. The highest BCUT2D eigenvalue weighted by molar-refractivity contribution is 5.29. The molecule has 0 spiro atoms. The molecule has 0 bridgehead atoms. The van der Waals surface area contributed by atoms with Crippen LogP contribution in [0.15, 0.2) is 48.5 Å². The van der Waals surface area contributed by atoms with Crippen LogP contribution in [0.4, 0.5) is 0 Å². The summed E-state index contributed by atoms with van der Waals surface area (Å²) >= 11 is 0. The van der Waals surface area contributed by atoms with Gasteiger partial charge in [0.1, 0.15) is 5.75 Å². The highest BCUT2D eigenvalue weighted by atomic mass is 16.5. The van der Waals surface area contributed by atoms with Crippen LogP contribution in [0.1, 0.15) is 23.6 Å². The lowest BCUT2D eigenvalue weighted by Crippen LogP contribution is -2.40. The average molecular weight is 340 g/mol. The van der Waals surface area contributed by atoms with E-state index in [0.29, 0.717) is 19.7 Å². The summed E-state index contributed by atoms with van der Waals surface area (Å²) in [6.45, 7) is 6.65. The smallest absolute Gasteiger partial charge is 0.119 e. The minimum atomic E-state index is -0.361. The number of aliphatic hydroxyl groups excluding tert-OH is 1. The molecule has 3 rings (SSSR count). The van der Waals surface area contributed by atoms with Crippen molar-refractivity contribution in [1.82, 2.24) is 10.2 Å². The summed E-state index contributed by atoms with van der Waals surface area (Å²) in [5.74, 6) is 0.898. The van der Waals surface area contributed by atoms with Crippen LogP contribution in [0.2, 0.25) is 0 Å². The molecular formula is C21H28N2O2. The van der Waals surface area contributed by atoms with Crippen molar-refractivity contribution in [3.05, 3.63) is 65.2 Å². The minimum absolute atomic E-state index is 0.361. The van der Waals surface area contributed by atoms with Gasteiger partial charge in [-0.1, -0.05) is 36.4 Å². The van der Waals surface area contributed by atoms with Gasteiger partial charge in [0.05, 0.1) is 12.7 Å². The Balaban J connectivity index is 1.41. The Labute approximate surface area is 150 Å². The molecule has 0 amide bonds. The van der Waals surface area contributed by atoms with E-state index in [1.165, 1.54) is 16.7 Å². The SMILES string of the molecule is CCOc1cccc(CNCC(O)CN2CCc3ccccc3C2)c1. The van der Waals surface area contributed by atoms with Crippen molar-refractivity contribution in [3.63, 3.8) is 0 Å². The van der Waals surface area contributed by atoms with Gasteiger partial charge < -0.3 is 15.2 Å². The van der Waals surface area contributed by atoms with Gasteiger partial charge in [-0.3, -0.25) is 4.90 Å². The molecule has 25 heavy (non-hydrogen) atoms. The molecule has 1 aliphatic rings. The summed E-state index contributed by atoms with van der Waals surface area (Å²) in [5.41, 5.74) is 4.01. The molecule has 0 saturated carbocycles. The Morgan fingerprint density at radius 2 is 2.00 bits per heavy atom. The van der Waals surface area contributed by atoms with Gasteiger partial charge >= 0.3 is 0 Å². The standard InChI is InChI=1S/C21H28N2O2/c1-2-25-21-9-5-6-17(12-21)13-22-14-20(24)16-23-11-10-18-7-3-4-8-19(18)15-23/h3-9,12,20,22,24H,2,10-11,13-16H2,1H3. The molecule has 4 heteroatoms. The molecule has 1 heterocycles. The summed E-state index contributed by atoms with van der Waals surface area (Å²) in [6.07, 6.45) is 0.709. The number of hydrogen-bond acceptors (Lipinski definition) is 4. The fourth-order valence-corrected chi connectivity index (χ4v) is 3.37. The van der Waals surface area contributed by atoms with Crippen molar-refractivity contribution in [2.75, 3.05) is 26.2 Å². The van der Waals surface area contributed by atoms with Gasteiger partial charge in [-0.2, -0.15) is 0 Å². The number of aliphatic hydroxyl groups is 1. The maximum absolute atomic E-state index is 10.3. The maximum atomic E-state index is 10.3. The van der Waals surface area contributed by atoms with Crippen LogP contribution < -0.4 is 10.1 Å². The monoisotopic (exact) mass is 340 g/mol. The van der Waals surface area contributed by atoms with E-state index in [1.54, 1.807) is 0 Å². The van der Waals surface area contributed by atoms with E-state index in [1.807, 2.05) is 25.1 Å². The van der Waals surface area contributed by atoms with Gasteiger partial charge in [-0.25, -0.2) is 0 Å². The second-order valence-electron chi connectivity index (χ2n) is 6.62. The number of nitrogens with zero attached hydrogens (tertiary/aromatic N) is 1. The summed E-state index contributed by atoms with van der Waals surface area (Å²) in [6, 6.07) is 16.7. The van der Waals surface area contributed by atoms with Crippen LogP contribution in [0, 0.1) is 0 Å². The second-order valence-corrected chi connectivity index (χ2v) is 6.62. The van der Waals surface area contributed by atoms with Gasteiger partial charge in [0.2, 0.25) is 0 Å². The first-order valence-electron chi connectivity index (χ1n) is 9.14. The van der Waals surface area contributed by atoms with Crippen molar-refractivity contribution in [3.8, 4) is 5.75 Å². The largest absolute Gasteiger partial charge is 0.494 e. The summed E-state index contributed by atoms with van der Waals surface area (Å²) < 4.78 is 5.52. The molecule has 2 aromatic carbocycles. The van der Waals surface area contributed by atoms with E-state index in [4.69, 9.17) is 4.74 Å². The highest BCUT2D eigenvalue weighted by Crippen LogP contribution is 2.18. The zero-order valence-electron chi connectivity index (χ0n) is 14.9. The Hall–Kier alpha value is -1.88. The van der Waals surface area contributed by atoms with Crippen molar-refractivity contribution >= 4 is 0 Å². The van der Waals surface area contributed by atoms with Crippen LogP contribution in [-0.2, 0) is 19.5 Å². The number of ether oxygens (including phenoxy) is 1. The topological polar surface area (TPSA) is 44.7 Å². The van der Waals surface area contributed by atoms with E-state index in [-0.39, 0.29) is 6.10 Å². The number of rotatable bonds is 8. The van der Waals surface area contributed by atoms with E-state index >= 15 is 0 Å². The zero-order chi connectivity index (χ0) is 17.5. The molecule has 1 atom stereocenters. The van der Waals surface area contributed by atoms with Crippen molar-refractivity contribution in [1.29, 1.82) is 0 Å². The minimum Gasteiger partial charge on any atom is -0.494 e. The van der Waals surface area contributed by atoms with Crippen molar-refractivity contribution < 1.29 is 9.84 Å². The fraction of sp³-hybridized carbons (Fsp3) is 0.429. The number of benzene rings is 2. The fourth-order valence-electron chi connectivity index (χ4n) is 3.37. The van der Waals surface area contributed by atoms with Gasteiger partial charge in [-0.15, -0.1) is 0 Å². The molecule has 1 aliphatic heterocycles. The first kappa shape index (κ1) is 17.9. The van der Waals surface area contributed by atoms with Gasteiger partial charge in [0.15, 0.2) is 0 Å². The van der Waals surface area contributed by atoms with E-state index in [2.05, 4.69) is 40.5 Å². The van der Waals surface area contributed by atoms with E-state index < -0.39 is 0 Å². The molecule has 2 N–H and O–H groups in total. The van der Waals surface area contributed by atoms with Crippen molar-refractivity contribution in [2.45, 2.75) is 32.5 Å². The Kier molecular flexibility index (Phi) is 6.45. The first-order valence-corrected chi connectivity index (χ1v) is 9.14. The third-order valence-electron chi connectivity index (χ3n) is 4.60. The predicted molar refractivity (Wildman–Crippen MR) is 101 cm³/mol.